The highest BCUT2D eigenvalue weighted by atomic mass is 35.5. The summed E-state index contributed by atoms with van der Waals surface area (Å²) in [6.07, 6.45) is -5.19. The molecule has 1 aliphatic heterocycles. The third-order valence-corrected chi connectivity index (χ3v) is 7.41. The fourth-order valence-electron chi connectivity index (χ4n) is 5.16. The number of alkyl halides is 3. The van der Waals surface area contributed by atoms with Gasteiger partial charge in [-0.05, 0) is 54.7 Å². The summed E-state index contributed by atoms with van der Waals surface area (Å²) in [7, 11) is 0. The fraction of sp³-hybridized carbons (Fsp3) is 0.444. The Labute approximate surface area is 214 Å². The van der Waals surface area contributed by atoms with Crippen LogP contribution in [0.3, 0.4) is 0 Å². The van der Waals surface area contributed by atoms with Crippen molar-refractivity contribution in [1.29, 1.82) is 0 Å². The number of allylic oxidation sites excluding steroid dienone is 1. The van der Waals surface area contributed by atoms with E-state index in [9.17, 15) is 23.1 Å². The van der Waals surface area contributed by atoms with Crippen molar-refractivity contribution in [2.75, 3.05) is 0 Å². The molecule has 1 amide bonds. The fourth-order valence-corrected chi connectivity index (χ4v) is 5.48. The first-order valence-corrected chi connectivity index (χ1v) is 12.4. The molecule has 0 aromatic heterocycles. The van der Waals surface area contributed by atoms with Crippen LogP contribution in [0, 0.1) is 5.41 Å². The molecule has 3 nitrogen and oxygen atoms in total. The summed E-state index contributed by atoms with van der Waals surface area (Å²) in [5.41, 5.74) is 0.763. The van der Waals surface area contributed by atoms with Crippen LogP contribution in [0.2, 0.25) is 10.0 Å². The molecule has 0 radical (unpaired) electrons. The van der Waals surface area contributed by atoms with E-state index in [0.717, 1.165) is 11.1 Å². The molecule has 3 rings (SSSR count). The van der Waals surface area contributed by atoms with E-state index in [1.165, 1.54) is 0 Å². The van der Waals surface area contributed by atoms with Crippen LogP contribution in [0.5, 0.6) is 0 Å². The van der Waals surface area contributed by atoms with E-state index in [1.807, 2.05) is 25.1 Å². The van der Waals surface area contributed by atoms with Crippen molar-refractivity contribution in [1.82, 2.24) is 4.90 Å². The van der Waals surface area contributed by atoms with Crippen LogP contribution in [-0.2, 0) is 4.79 Å². The number of rotatable bonds is 8. The van der Waals surface area contributed by atoms with E-state index in [4.69, 9.17) is 23.2 Å². The third-order valence-electron chi connectivity index (χ3n) is 6.92. The van der Waals surface area contributed by atoms with Gasteiger partial charge in [0, 0.05) is 28.4 Å². The van der Waals surface area contributed by atoms with Gasteiger partial charge in [0.15, 0.2) is 6.10 Å². The van der Waals surface area contributed by atoms with Crippen molar-refractivity contribution in [3.63, 3.8) is 0 Å². The van der Waals surface area contributed by atoms with Gasteiger partial charge in [0.1, 0.15) is 0 Å². The summed E-state index contributed by atoms with van der Waals surface area (Å²) in [6, 6.07) is 12.9. The van der Waals surface area contributed by atoms with Crippen LogP contribution in [0.1, 0.15) is 62.6 Å². The predicted molar refractivity (Wildman–Crippen MR) is 134 cm³/mol. The molecule has 35 heavy (non-hydrogen) atoms. The summed E-state index contributed by atoms with van der Waals surface area (Å²) < 4.78 is 40.0. The van der Waals surface area contributed by atoms with Gasteiger partial charge >= 0.3 is 6.18 Å². The molecule has 1 heterocycles. The zero-order chi connectivity index (χ0) is 26.0. The molecule has 2 aromatic carbocycles. The van der Waals surface area contributed by atoms with Crippen molar-refractivity contribution in [3.8, 4) is 0 Å². The van der Waals surface area contributed by atoms with Crippen molar-refractivity contribution in [3.05, 3.63) is 82.4 Å². The smallest absolute Gasteiger partial charge is 0.384 e. The Morgan fingerprint density at radius 3 is 2.37 bits per heavy atom. The summed E-state index contributed by atoms with van der Waals surface area (Å²) >= 11 is 12.4. The highest BCUT2D eigenvalue weighted by Gasteiger charge is 2.52. The molecule has 1 fully saturated rings. The average Bonchev–Trinajstić information content (AvgIpc) is 2.79. The monoisotopic (exact) mass is 527 g/mol. The Morgan fingerprint density at radius 2 is 1.83 bits per heavy atom. The molecule has 0 aliphatic carbocycles. The molecule has 2 aromatic rings. The molecular weight excluding hydrogens is 498 g/mol. The van der Waals surface area contributed by atoms with Gasteiger partial charge in [-0.25, -0.2) is 0 Å². The van der Waals surface area contributed by atoms with Crippen molar-refractivity contribution >= 4 is 29.1 Å². The first-order valence-electron chi connectivity index (χ1n) is 11.6. The predicted octanol–water partition coefficient (Wildman–Crippen LogP) is 7.72. The van der Waals surface area contributed by atoms with Crippen LogP contribution in [-0.4, -0.2) is 34.2 Å². The number of amides is 1. The Bertz CT molecular complexity index is 1040. The minimum atomic E-state index is -4.78. The molecule has 0 bridgehead atoms. The molecule has 0 spiro atoms. The standard InChI is InChI=1S/C27H30Cl2F3NO2/c1-4-13-26(3)16-22(18-7-6-8-20(29)14-18)24(17-9-11-19(28)12-10-17)33(25(26)35)21(5-2)15-23(34)27(30,31)32/h4,6-12,14,21-24,34H,1,5,13,15-16H2,2-3H3/t21?,22?,23?,24?,26-/m0/s1. The highest BCUT2D eigenvalue weighted by Crippen LogP contribution is 2.52. The molecule has 5 atom stereocenters. The maximum Gasteiger partial charge on any atom is 0.414 e. The number of hydrogen-bond acceptors (Lipinski definition) is 2. The van der Waals surface area contributed by atoms with Gasteiger partial charge < -0.3 is 10.0 Å². The Kier molecular flexibility index (Phi) is 8.61. The minimum Gasteiger partial charge on any atom is -0.384 e. The SMILES string of the molecule is C=CC[C@@]1(C)CC(c2cccc(Cl)c2)C(c2ccc(Cl)cc2)N(C(CC)CC(O)C(F)(F)F)C1=O. The van der Waals surface area contributed by atoms with Crippen LogP contribution in [0.15, 0.2) is 61.2 Å². The molecule has 190 valence electrons. The lowest BCUT2D eigenvalue weighted by molar-refractivity contribution is -0.211. The van der Waals surface area contributed by atoms with Gasteiger partial charge in [0.2, 0.25) is 5.91 Å². The van der Waals surface area contributed by atoms with E-state index >= 15 is 0 Å². The van der Waals surface area contributed by atoms with Crippen molar-refractivity contribution < 1.29 is 23.1 Å². The first-order chi connectivity index (χ1) is 16.4. The number of aliphatic hydroxyl groups is 1. The number of benzene rings is 2. The lowest BCUT2D eigenvalue weighted by atomic mass is 9.67. The molecule has 0 saturated carbocycles. The Balaban J connectivity index is 2.21. The van der Waals surface area contributed by atoms with E-state index in [0.29, 0.717) is 22.9 Å². The van der Waals surface area contributed by atoms with Crippen LogP contribution in [0.4, 0.5) is 13.2 Å². The number of halogens is 5. The lowest BCUT2D eigenvalue weighted by Gasteiger charge is -2.52. The normalized spacial score (nSPS) is 24.8. The van der Waals surface area contributed by atoms with Crippen molar-refractivity contribution in [2.24, 2.45) is 5.41 Å². The zero-order valence-electron chi connectivity index (χ0n) is 19.7. The largest absolute Gasteiger partial charge is 0.414 e. The number of piperidine rings is 1. The van der Waals surface area contributed by atoms with E-state index in [1.54, 1.807) is 48.2 Å². The summed E-state index contributed by atoms with van der Waals surface area (Å²) in [5, 5.41) is 11.0. The molecule has 1 N–H and O–H groups in total. The second-order valence-corrected chi connectivity index (χ2v) is 10.4. The van der Waals surface area contributed by atoms with Crippen LogP contribution >= 0.6 is 23.2 Å². The van der Waals surface area contributed by atoms with Gasteiger partial charge in [-0.15, -0.1) is 6.58 Å². The quantitative estimate of drug-likeness (QED) is 0.357. The van der Waals surface area contributed by atoms with Gasteiger partial charge in [0.25, 0.3) is 0 Å². The molecule has 1 saturated heterocycles. The van der Waals surface area contributed by atoms with Crippen molar-refractivity contribution in [2.45, 2.75) is 69.8 Å². The second-order valence-electron chi connectivity index (χ2n) is 9.48. The number of carbonyl (C=O) groups is 1. The number of nitrogens with zero attached hydrogens (tertiary/aromatic N) is 1. The Hall–Kier alpha value is -2.02. The van der Waals surface area contributed by atoms with Crippen LogP contribution in [0.25, 0.3) is 0 Å². The lowest BCUT2D eigenvalue weighted by Crippen LogP contribution is -2.56. The highest BCUT2D eigenvalue weighted by molar-refractivity contribution is 6.30. The maximum atomic E-state index is 14.0. The first kappa shape index (κ1) is 27.6. The Morgan fingerprint density at radius 1 is 1.17 bits per heavy atom. The minimum absolute atomic E-state index is 0.245. The number of hydrogen-bond donors (Lipinski definition) is 1. The third kappa shape index (κ3) is 6.04. The van der Waals surface area contributed by atoms with Gasteiger partial charge in [-0.1, -0.05) is 67.4 Å². The number of likely N-dealkylation sites (tertiary alicyclic amines) is 1. The van der Waals surface area contributed by atoms with Gasteiger partial charge in [0.05, 0.1) is 11.5 Å². The second kappa shape index (κ2) is 10.9. The average molecular weight is 528 g/mol. The molecule has 8 heteroatoms. The van der Waals surface area contributed by atoms with Gasteiger partial charge in [-0.3, -0.25) is 4.79 Å². The molecule has 1 aliphatic rings. The molecular formula is C27H30Cl2F3NO2. The zero-order valence-corrected chi connectivity index (χ0v) is 21.2. The summed E-state index contributed by atoms with van der Waals surface area (Å²) in [4.78, 5) is 15.6. The van der Waals surface area contributed by atoms with E-state index in [-0.39, 0.29) is 18.2 Å². The van der Waals surface area contributed by atoms with E-state index in [2.05, 4.69) is 6.58 Å². The topological polar surface area (TPSA) is 40.5 Å². The number of carbonyl (C=O) groups excluding carboxylic acids is 1. The van der Waals surface area contributed by atoms with E-state index < -0.39 is 36.2 Å². The number of aliphatic hydroxyl groups excluding tert-OH is 1. The summed E-state index contributed by atoms with van der Waals surface area (Å²) in [5.74, 6) is -0.508. The maximum absolute atomic E-state index is 14.0. The van der Waals surface area contributed by atoms with Crippen LogP contribution < -0.4 is 0 Å². The summed E-state index contributed by atoms with van der Waals surface area (Å²) in [6.45, 7) is 7.36. The van der Waals surface area contributed by atoms with Gasteiger partial charge in [-0.2, -0.15) is 13.2 Å². The molecule has 4 unspecified atom stereocenters.